The van der Waals surface area contributed by atoms with Crippen molar-refractivity contribution in [2.24, 2.45) is 0 Å². The molecule has 0 amide bonds. The van der Waals surface area contributed by atoms with E-state index in [4.69, 9.17) is 0 Å². The number of pyridine rings is 1. The van der Waals surface area contributed by atoms with Crippen LogP contribution in [0.1, 0.15) is 23.1 Å². The topological polar surface area (TPSA) is 15.9 Å². The molecule has 2 aromatic rings. The summed E-state index contributed by atoms with van der Waals surface area (Å²) < 4.78 is 2.22. The Labute approximate surface area is 121 Å². The van der Waals surface area contributed by atoms with Gasteiger partial charge in [0, 0.05) is 25.1 Å². The summed E-state index contributed by atoms with van der Waals surface area (Å²) in [6.07, 6.45) is 9.75. The summed E-state index contributed by atoms with van der Waals surface area (Å²) in [6, 6.07) is 12.9. The van der Waals surface area contributed by atoms with Crippen LogP contribution in [-0.2, 0) is 6.54 Å². The van der Waals surface area contributed by atoms with Gasteiger partial charge in [0.05, 0.1) is 0 Å². The van der Waals surface area contributed by atoms with Crippen molar-refractivity contribution >= 4 is 12.2 Å². The number of nitrogens with zero attached hydrogens (tertiary/aromatic N) is 1. The van der Waals surface area contributed by atoms with Crippen LogP contribution in [0.15, 0.2) is 48.8 Å². The van der Waals surface area contributed by atoms with Crippen LogP contribution < -0.4 is 9.88 Å². The molecule has 2 rings (SSSR count). The normalized spacial score (nSPS) is 11.1. The molecule has 1 aromatic heterocycles. The van der Waals surface area contributed by atoms with E-state index in [-0.39, 0.29) is 0 Å². The largest absolute Gasteiger partial charge is 0.320 e. The first-order chi connectivity index (χ1) is 9.78. The zero-order valence-corrected chi connectivity index (χ0v) is 12.3. The lowest BCUT2D eigenvalue weighted by molar-refractivity contribution is -0.697. The molecule has 0 aliphatic rings. The zero-order valence-electron chi connectivity index (χ0n) is 12.3. The highest BCUT2D eigenvalue weighted by atomic mass is 14.9. The summed E-state index contributed by atoms with van der Waals surface area (Å²) in [4.78, 5) is 0. The third-order valence-electron chi connectivity index (χ3n) is 3.31. The number of hydrogen-bond donors (Lipinski definition) is 1. The van der Waals surface area contributed by atoms with Crippen molar-refractivity contribution in [1.29, 1.82) is 0 Å². The molecule has 2 nitrogen and oxygen atoms in total. The molecule has 0 spiro atoms. The van der Waals surface area contributed by atoms with E-state index in [1.807, 2.05) is 7.05 Å². The molecule has 20 heavy (non-hydrogen) atoms. The van der Waals surface area contributed by atoms with Crippen LogP contribution in [-0.4, -0.2) is 13.6 Å². The molecule has 1 N–H and O–H groups in total. The van der Waals surface area contributed by atoms with E-state index >= 15 is 0 Å². The van der Waals surface area contributed by atoms with Crippen molar-refractivity contribution < 1.29 is 4.57 Å². The number of rotatable bonds is 6. The van der Waals surface area contributed by atoms with Gasteiger partial charge in [-0.05, 0) is 25.1 Å². The van der Waals surface area contributed by atoms with Gasteiger partial charge in [-0.1, -0.05) is 42.0 Å². The van der Waals surface area contributed by atoms with E-state index in [1.54, 1.807) is 0 Å². The number of nitrogens with one attached hydrogen (secondary N) is 1. The zero-order chi connectivity index (χ0) is 14.2. The monoisotopic (exact) mass is 267 g/mol. The summed E-state index contributed by atoms with van der Waals surface area (Å²) in [7, 11) is 1.99. The van der Waals surface area contributed by atoms with Crippen molar-refractivity contribution in [2.75, 3.05) is 13.6 Å². The second kappa shape index (κ2) is 7.61. The summed E-state index contributed by atoms with van der Waals surface area (Å²) in [5.41, 5.74) is 3.77. The smallest absolute Gasteiger partial charge is 0.169 e. The van der Waals surface area contributed by atoms with E-state index in [0.29, 0.717) is 0 Å². The van der Waals surface area contributed by atoms with E-state index in [1.165, 1.54) is 16.7 Å². The van der Waals surface area contributed by atoms with Gasteiger partial charge in [-0.3, -0.25) is 0 Å². The third kappa shape index (κ3) is 4.63. The van der Waals surface area contributed by atoms with Crippen molar-refractivity contribution in [3.8, 4) is 0 Å². The molecule has 0 aliphatic heterocycles. The molecule has 0 radical (unpaired) electrons. The molecule has 2 heteroatoms. The summed E-state index contributed by atoms with van der Waals surface area (Å²) in [6.45, 7) is 4.22. The number of aryl methyl sites for hydroxylation is 2. The first-order valence-corrected chi connectivity index (χ1v) is 7.16. The molecule has 1 aromatic carbocycles. The van der Waals surface area contributed by atoms with Crippen molar-refractivity contribution in [3.05, 3.63) is 65.5 Å². The fraction of sp³-hybridized carbons (Fsp3) is 0.278. The van der Waals surface area contributed by atoms with Gasteiger partial charge in [0.1, 0.15) is 6.54 Å². The SMILES string of the molecule is CNCCC[n+]1ccc(/C=C/c2ccc(C)cc2)cc1. The minimum absolute atomic E-state index is 1.06. The third-order valence-corrected chi connectivity index (χ3v) is 3.31. The Morgan fingerprint density at radius 1 is 0.950 bits per heavy atom. The quantitative estimate of drug-likeness (QED) is 0.628. The molecule has 0 saturated heterocycles. The minimum Gasteiger partial charge on any atom is -0.320 e. The van der Waals surface area contributed by atoms with Crippen LogP contribution in [0.3, 0.4) is 0 Å². The fourth-order valence-electron chi connectivity index (χ4n) is 2.04. The molecule has 0 unspecified atom stereocenters. The number of benzene rings is 1. The Morgan fingerprint density at radius 3 is 2.15 bits per heavy atom. The number of hydrogen-bond acceptors (Lipinski definition) is 1. The van der Waals surface area contributed by atoms with Gasteiger partial charge < -0.3 is 5.32 Å². The van der Waals surface area contributed by atoms with Gasteiger partial charge in [-0.15, -0.1) is 0 Å². The lowest BCUT2D eigenvalue weighted by Crippen LogP contribution is -2.33. The molecule has 0 bridgehead atoms. The Kier molecular flexibility index (Phi) is 5.51. The first-order valence-electron chi connectivity index (χ1n) is 7.16. The van der Waals surface area contributed by atoms with Gasteiger partial charge >= 0.3 is 0 Å². The molecule has 0 saturated carbocycles. The van der Waals surface area contributed by atoms with Crippen LogP contribution in [0.4, 0.5) is 0 Å². The van der Waals surface area contributed by atoms with E-state index in [0.717, 1.165) is 19.5 Å². The maximum atomic E-state index is 3.17. The fourth-order valence-corrected chi connectivity index (χ4v) is 2.04. The van der Waals surface area contributed by atoms with Crippen molar-refractivity contribution in [1.82, 2.24) is 5.32 Å². The standard InChI is InChI=1S/C18H23N2/c1-16-4-6-17(7-5-16)8-9-18-10-14-20(15-11-18)13-3-12-19-2/h4-11,14-15,19H,3,12-13H2,1-2H3/q+1/b9-8+. The van der Waals surface area contributed by atoms with Crippen LogP contribution in [0.25, 0.3) is 12.2 Å². The Hall–Kier alpha value is -1.93. The van der Waals surface area contributed by atoms with Crippen LogP contribution >= 0.6 is 0 Å². The minimum atomic E-state index is 1.06. The maximum absolute atomic E-state index is 3.17. The first kappa shape index (κ1) is 14.5. The highest BCUT2D eigenvalue weighted by molar-refractivity contribution is 5.69. The van der Waals surface area contributed by atoms with Crippen molar-refractivity contribution in [2.45, 2.75) is 19.9 Å². The Bertz CT molecular complexity index is 539. The van der Waals surface area contributed by atoms with Gasteiger partial charge in [-0.2, -0.15) is 0 Å². The van der Waals surface area contributed by atoms with Gasteiger partial charge in [0.2, 0.25) is 0 Å². The number of aromatic nitrogens is 1. The van der Waals surface area contributed by atoms with Crippen molar-refractivity contribution in [3.63, 3.8) is 0 Å². The molecule has 1 heterocycles. The lowest BCUT2D eigenvalue weighted by atomic mass is 10.1. The predicted molar refractivity (Wildman–Crippen MR) is 85.3 cm³/mol. The molecular formula is C18H23N2+. The second-order valence-corrected chi connectivity index (χ2v) is 5.07. The molecule has 0 aliphatic carbocycles. The van der Waals surface area contributed by atoms with Crippen LogP contribution in [0.5, 0.6) is 0 Å². The van der Waals surface area contributed by atoms with E-state index in [9.17, 15) is 0 Å². The predicted octanol–water partition coefficient (Wildman–Crippen LogP) is 3.06. The highest BCUT2D eigenvalue weighted by Gasteiger charge is 1.98. The van der Waals surface area contributed by atoms with E-state index in [2.05, 4.69) is 77.8 Å². The maximum Gasteiger partial charge on any atom is 0.169 e. The Balaban J connectivity index is 1.94. The lowest BCUT2D eigenvalue weighted by Gasteiger charge is -1.98. The molecule has 104 valence electrons. The molecule has 0 atom stereocenters. The summed E-state index contributed by atoms with van der Waals surface area (Å²) in [5.74, 6) is 0. The highest BCUT2D eigenvalue weighted by Crippen LogP contribution is 2.08. The molecular weight excluding hydrogens is 244 g/mol. The van der Waals surface area contributed by atoms with Gasteiger partial charge in [0.15, 0.2) is 12.4 Å². The van der Waals surface area contributed by atoms with Crippen LogP contribution in [0.2, 0.25) is 0 Å². The molecule has 0 fully saturated rings. The average Bonchev–Trinajstić information content (AvgIpc) is 2.48. The second-order valence-electron chi connectivity index (χ2n) is 5.07. The van der Waals surface area contributed by atoms with Crippen LogP contribution in [0, 0.1) is 6.92 Å². The summed E-state index contributed by atoms with van der Waals surface area (Å²) >= 11 is 0. The Morgan fingerprint density at radius 2 is 1.55 bits per heavy atom. The summed E-state index contributed by atoms with van der Waals surface area (Å²) in [5, 5.41) is 3.17. The average molecular weight is 267 g/mol. The van der Waals surface area contributed by atoms with Gasteiger partial charge in [-0.25, -0.2) is 4.57 Å². The van der Waals surface area contributed by atoms with Gasteiger partial charge in [0.25, 0.3) is 0 Å². The van der Waals surface area contributed by atoms with E-state index < -0.39 is 0 Å².